The van der Waals surface area contributed by atoms with Crippen LogP contribution in [0.3, 0.4) is 0 Å². The first-order valence-electron chi connectivity index (χ1n) is 16.6. The van der Waals surface area contributed by atoms with Gasteiger partial charge in [-0.15, -0.1) is 10.2 Å². The maximum atomic E-state index is 11.4. The summed E-state index contributed by atoms with van der Waals surface area (Å²) < 4.78 is 19.5. The Morgan fingerprint density at radius 2 is 1.24 bits per heavy atom. The predicted octanol–water partition coefficient (Wildman–Crippen LogP) is 10.2. The summed E-state index contributed by atoms with van der Waals surface area (Å²) in [6.45, 7) is 6.33. The second kappa shape index (κ2) is 14.4. The number of hydrogen-bond acceptors (Lipinski definition) is 6. The number of rotatable bonds is 13. The van der Waals surface area contributed by atoms with E-state index in [9.17, 15) is 4.79 Å². The summed E-state index contributed by atoms with van der Waals surface area (Å²) in [5, 5.41) is 11.1. The third-order valence-corrected chi connectivity index (χ3v) is 8.57. The van der Waals surface area contributed by atoms with E-state index in [1.54, 1.807) is 6.92 Å². The number of benzene rings is 5. The molecule has 0 aliphatic heterocycles. The van der Waals surface area contributed by atoms with Crippen LogP contribution >= 0.6 is 0 Å². The molecule has 0 atom stereocenters. The lowest BCUT2D eigenvalue weighted by molar-refractivity contribution is -0.139. The van der Waals surface area contributed by atoms with Crippen LogP contribution in [-0.4, -0.2) is 33.9 Å². The van der Waals surface area contributed by atoms with Crippen molar-refractivity contribution in [1.82, 2.24) is 14.8 Å². The Hall–Kier alpha value is -5.95. The molecule has 0 bridgehead atoms. The van der Waals surface area contributed by atoms with E-state index in [0.717, 1.165) is 75.8 Å². The largest absolute Gasteiger partial charge is 0.494 e. The Morgan fingerprint density at radius 1 is 0.653 bits per heavy atom. The van der Waals surface area contributed by atoms with Gasteiger partial charge in [-0.05, 0) is 104 Å². The van der Waals surface area contributed by atoms with Crippen LogP contribution in [0.15, 0.2) is 138 Å². The number of carbonyl (C=O) groups excluding carboxylic acids is 1. The van der Waals surface area contributed by atoms with Crippen LogP contribution in [0.5, 0.6) is 5.75 Å². The van der Waals surface area contributed by atoms with Crippen molar-refractivity contribution in [3.8, 4) is 45.5 Å². The third kappa shape index (κ3) is 7.02. The van der Waals surface area contributed by atoms with E-state index in [4.69, 9.17) is 13.9 Å². The highest BCUT2D eigenvalue weighted by atomic mass is 16.5. The molecule has 49 heavy (non-hydrogen) atoms. The molecule has 7 rings (SSSR count). The highest BCUT2D eigenvalue weighted by molar-refractivity contribution is 6.10. The molecule has 0 unspecified atom stereocenters. The molecule has 0 saturated carbocycles. The quantitative estimate of drug-likeness (QED) is 0.0704. The fourth-order valence-corrected chi connectivity index (χ4v) is 6.00. The van der Waals surface area contributed by atoms with E-state index < -0.39 is 0 Å². The molecule has 5 aromatic carbocycles. The maximum absolute atomic E-state index is 11.4. The highest BCUT2D eigenvalue weighted by Crippen LogP contribution is 2.35. The second-order valence-electron chi connectivity index (χ2n) is 12.1. The molecule has 0 saturated heterocycles. The van der Waals surface area contributed by atoms with E-state index >= 15 is 0 Å². The monoisotopic (exact) mass is 647 g/mol. The zero-order valence-corrected chi connectivity index (χ0v) is 27.5. The number of carbonyl (C=O) groups is 1. The Morgan fingerprint density at radius 3 is 1.98 bits per heavy atom. The molecule has 0 spiro atoms. The van der Waals surface area contributed by atoms with Crippen LogP contribution in [0.1, 0.15) is 32.6 Å². The number of esters is 1. The van der Waals surface area contributed by atoms with Crippen LogP contribution in [0.25, 0.3) is 61.5 Å². The number of para-hydroxylation sites is 2. The van der Waals surface area contributed by atoms with Crippen molar-refractivity contribution in [3.63, 3.8) is 0 Å². The van der Waals surface area contributed by atoms with Gasteiger partial charge in [0.2, 0.25) is 11.8 Å². The maximum Gasteiger partial charge on any atom is 0.333 e. The first-order chi connectivity index (χ1) is 24.0. The molecule has 7 heteroatoms. The number of unbranched alkanes of at least 4 members (excludes halogenated alkanes) is 3. The summed E-state index contributed by atoms with van der Waals surface area (Å²) in [7, 11) is 0. The van der Waals surface area contributed by atoms with Crippen molar-refractivity contribution in [2.45, 2.75) is 32.6 Å². The Kier molecular flexibility index (Phi) is 9.32. The van der Waals surface area contributed by atoms with Gasteiger partial charge in [0.1, 0.15) is 5.75 Å². The first kappa shape index (κ1) is 31.6. The normalized spacial score (nSPS) is 11.2. The van der Waals surface area contributed by atoms with Crippen LogP contribution in [0.2, 0.25) is 0 Å². The van der Waals surface area contributed by atoms with Gasteiger partial charge in [-0.1, -0.05) is 67.2 Å². The molecule has 0 amide bonds. The standard InChI is InChI=1S/C42H37N3O4/c1-29(2)42(46)48-27-11-4-3-10-26-47-35-23-20-31(21-24-35)30-16-18-32(19-17-30)40-43-44-41(49-40)33-22-25-39-37(28-33)36-14-8-9-15-38(36)45(39)34-12-6-5-7-13-34/h5-9,12-25,28H,1,3-4,10-11,26-27H2,2H3. The smallest absolute Gasteiger partial charge is 0.333 e. The minimum atomic E-state index is -0.321. The van der Waals surface area contributed by atoms with Gasteiger partial charge in [0, 0.05) is 33.2 Å². The molecule has 0 radical (unpaired) electrons. The fraction of sp³-hybridized carbons (Fsp3) is 0.167. The van der Waals surface area contributed by atoms with Gasteiger partial charge in [0.25, 0.3) is 0 Å². The van der Waals surface area contributed by atoms with Gasteiger partial charge in [0.05, 0.1) is 24.2 Å². The number of ether oxygens (including phenoxy) is 2. The van der Waals surface area contributed by atoms with E-state index in [2.05, 4.69) is 106 Å². The van der Waals surface area contributed by atoms with E-state index in [1.165, 1.54) is 5.39 Å². The van der Waals surface area contributed by atoms with Gasteiger partial charge < -0.3 is 18.5 Å². The summed E-state index contributed by atoms with van der Waals surface area (Å²) in [5.74, 6) is 1.48. The lowest BCUT2D eigenvalue weighted by Crippen LogP contribution is -2.06. The van der Waals surface area contributed by atoms with Crippen LogP contribution in [0.4, 0.5) is 0 Å². The lowest BCUT2D eigenvalue weighted by atomic mass is 10.0. The van der Waals surface area contributed by atoms with Gasteiger partial charge in [-0.25, -0.2) is 4.79 Å². The van der Waals surface area contributed by atoms with Crippen molar-refractivity contribution in [1.29, 1.82) is 0 Å². The van der Waals surface area contributed by atoms with Gasteiger partial charge in [0.15, 0.2) is 0 Å². The number of fused-ring (bicyclic) bond motifs is 3. The van der Waals surface area contributed by atoms with Crippen molar-refractivity contribution in [2.75, 3.05) is 13.2 Å². The molecule has 0 aliphatic carbocycles. The Labute approximate surface area is 285 Å². The molecule has 7 nitrogen and oxygen atoms in total. The second-order valence-corrected chi connectivity index (χ2v) is 12.1. The van der Waals surface area contributed by atoms with Gasteiger partial charge in [-0.3, -0.25) is 0 Å². The van der Waals surface area contributed by atoms with E-state index in [-0.39, 0.29) is 5.97 Å². The van der Waals surface area contributed by atoms with Crippen molar-refractivity contribution in [3.05, 3.63) is 133 Å². The van der Waals surface area contributed by atoms with E-state index in [0.29, 0.717) is 30.6 Å². The Bertz CT molecular complexity index is 2220. The average molecular weight is 648 g/mol. The van der Waals surface area contributed by atoms with Crippen molar-refractivity contribution in [2.24, 2.45) is 0 Å². The van der Waals surface area contributed by atoms with Crippen LogP contribution in [0, 0.1) is 0 Å². The van der Waals surface area contributed by atoms with E-state index in [1.807, 2.05) is 36.4 Å². The molecule has 0 fully saturated rings. The topological polar surface area (TPSA) is 79.4 Å². The zero-order chi connectivity index (χ0) is 33.6. The van der Waals surface area contributed by atoms with Crippen LogP contribution in [-0.2, 0) is 9.53 Å². The summed E-state index contributed by atoms with van der Waals surface area (Å²) in [4.78, 5) is 11.4. The Balaban J connectivity index is 0.975. The number of aromatic nitrogens is 3. The summed E-state index contributed by atoms with van der Waals surface area (Å²) in [5.41, 5.74) is 7.75. The van der Waals surface area contributed by atoms with Crippen molar-refractivity contribution >= 4 is 27.8 Å². The van der Waals surface area contributed by atoms with Crippen LogP contribution < -0.4 is 4.74 Å². The SMILES string of the molecule is C=C(C)C(=O)OCCCCCCOc1ccc(-c2ccc(-c3nnc(-c4ccc5c(c4)c4ccccc4n5-c4ccccc4)o3)cc2)cc1. The first-order valence-corrected chi connectivity index (χ1v) is 16.6. The molecule has 0 aliphatic rings. The lowest BCUT2D eigenvalue weighted by Gasteiger charge is -2.08. The molecule has 0 N–H and O–H groups in total. The van der Waals surface area contributed by atoms with Crippen molar-refractivity contribution < 1.29 is 18.7 Å². The molecule has 7 aromatic rings. The third-order valence-electron chi connectivity index (χ3n) is 8.57. The molecule has 2 aromatic heterocycles. The molecule has 2 heterocycles. The summed E-state index contributed by atoms with van der Waals surface area (Å²) >= 11 is 0. The van der Waals surface area contributed by atoms with Gasteiger partial charge >= 0.3 is 5.97 Å². The summed E-state index contributed by atoms with van der Waals surface area (Å²) in [6, 6.07) is 41.4. The highest BCUT2D eigenvalue weighted by Gasteiger charge is 2.16. The molecular weight excluding hydrogens is 610 g/mol. The fourth-order valence-electron chi connectivity index (χ4n) is 6.00. The molecular formula is C42H37N3O4. The predicted molar refractivity (Wildman–Crippen MR) is 195 cm³/mol. The minimum absolute atomic E-state index is 0.321. The zero-order valence-electron chi connectivity index (χ0n) is 27.5. The molecule has 244 valence electrons. The number of hydrogen-bond donors (Lipinski definition) is 0. The average Bonchev–Trinajstić information content (AvgIpc) is 3.77. The summed E-state index contributed by atoms with van der Waals surface area (Å²) in [6.07, 6.45) is 3.80. The van der Waals surface area contributed by atoms with Gasteiger partial charge in [-0.2, -0.15) is 0 Å². The number of nitrogens with zero attached hydrogens (tertiary/aromatic N) is 3. The minimum Gasteiger partial charge on any atom is -0.494 e.